The molecule has 7 heteroatoms. The Hall–Kier alpha value is -2.19. The average Bonchev–Trinajstić information content (AvgIpc) is 2.97. The number of nitrogens with zero attached hydrogens (tertiary/aromatic N) is 2. The minimum absolute atomic E-state index is 0.118. The van der Waals surface area contributed by atoms with Crippen molar-refractivity contribution in [2.75, 3.05) is 57.4 Å². The van der Waals surface area contributed by atoms with Gasteiger partial charge in [-0.2, -0.15) is 0 Å². The summed E-state index contributed by atoms with van der Waals surface area (Å²) in [4.78, 5) is 4.06. The van der Waals surface area contributed by atoms with E-state index in [1.807, 2.05) is 30.9 Å². The molecule has 2 N–H and O–H groups in total. The second-order valence-corrected chi connectivity index (χ2v) is 10.1. The lowest BCUT2D eigenvalue weighted by Gasteiger charge is -2.42. The summed E-state index contributed by atoms with van der Waals surface area (Å²) >= 11 is 0. The minimum Gasteiger partial charge on any atom is -0.490 e. The molecule has 4 rings (SSSR count). The van der Waals surface area contributed by atoms with Gasteiger partial charge < -0.3 is 24.6 Å². The number of aryl methyl sites for hydroxylation is 2. The zero-order valence-electron chi connectivity index (χ0n) is 20.5. The fourth-order valence-corrected chi connectivity index (χ4v) is 5.03. The number of piperidine rings is 1. The van der Waals surface area contributed by atoms with E-state index in [0.29, 0.717) is 57.9 Å². The first-order valence-electron chi connectivity index (χ1n) is 12.1. The van der Waals surface area contributed by atoms with Crippen LogP contribution < -0.4 is 9.64 Å². The quantitative estimate of drug-likeness (QED) is 0.673. The first-order valence-corrected chi connectivity index (χ1v) is 12.1. The SMILES string of the molecule is Cc1cc(C)c(C)c(OC[C@@]2(O)COCCN(CC3(O)CCN(c4ccccc4F)CC3)C2)c1. The Bertz CT molecular complexity index is 993. The molecule has 0 aromatic heterocycles. The first kappa shape index (κ1) is 24.9. The summed E-state index contributed by atoms with van der Waals surface area (Å²) in [6, 6.07) is 10.9. The summed E-state index contributed by atoms with van der Waals surface area (Å²) in [6.45, 7) is 9.49. The van der Waals surface area contributed by atoms with Crippen LogP contribution in [0.1, 0.15) is 29.5 Å². The summed E-state index contributed by atoms with van der Waals surface area (Å²) in [5, 5.41) is 22.6. The second-order valence-electron chi connectivity index (χ2n) is 10.1. The van der Waals surface area contributed by atoms with Crippen LogP contribution in [-0.2, 0) is 4.74 Å². The van der Waals surface area contributed by atoms with Gasteiger partial charge in [-0.05, 0) is 68.5 Å². The van der Waals surface area contributed by atoms with E-state index >= 15 is 0 Å². The van der Waals surface area contributed by atoms with Crippen molar-refractivity contribution in [1.82, 2.24) is 4.90 Å². The van der Waals surface area contributed by atoms with Crippen molar-refractivity contribution in [3.63, 3.8) is 0 Å². The molecule has 2 aliphatic rings. The molecule has 1 atom stereocenters. The number of benzene rings is 2. The van der Waals surface area contributed by atoms with E-state index in [0.717, 1.165) is 22.4 Å². The molecule has 2 aliphatic heterocycles. The third kappa shape index (κ3) is 5.89. The zero-order valence-corrected chi connectivity index (χ0v) is 20.5. The van der Waals surface area contributed by atoms with Gasteiger partial charge in [-0.25, -0.2) is 4.39 Å². The van der Waals surface area contributed by atoms with E-state index in [1.54, 1.807) is 12.1 Å². The summed E-state index contributed by atoms with van der Waals surface area (Å²) in [7, 11) is 0. The second kappa shape index (κ2) is 10.2. The van der Waals surface area contributed by atoms with Gasteiger partial charge in [0.1, 0.15) is 23.8 Å². The van der Waals surface area contributed by atoms with Gasteiger partial charge in [0.2, 0.25) is 0 Å². The van der Waals surface area contributed by atoms with E-state index in [-0.39, 0.29) is 19.0 Å². The van der Waals surface area contributed by atoms with Crippen LogP contribution >= 0.6 is 0 Å². The highest BCUT2D eigenvalue weighted by atomic mass is 19.1. The molecule has 6 nitrogen and oxygen atoms in total. The third-order valence-electron chi connectivity index (χ3n) is 7.11. The fraction of sp³-hybridized carbons (Fsp3) is 0.556. The molecule has 0 aliphatic carbocycles. The number of hydrogen-bond donors (Lipinski definition) is 2. The van der Waals surface area contributed by atoms with E-state index < -0.39 is 11.2 Å². The molecule has 2 heterocycles. The Morgan fingerprint density at radius 1 is 1.03 bits per heavy atom. The predicted octanol–water partition coefficient (Wildman–Crippen LogP) is 3.22. The number of hydrogen-bond acceptors (Lipinski definition) is 6. The van der Waals surface area contributed by atoms with E-state index in [4.69, 9.17) is 9.47 Å². The van der Waals surface area contributed by atoms with Crippen LogP contribution in [0.2, 0.25) is 0 Å². The number of ether oxygens (including phenoxy) is 2. The molecule has 2 aromatic carbocycles. The molecule has 2 saturated heterocycles. The molecule has 0 amide bonds. The number of rotatable bonds is 6. The predicted molar refractivity (Wildman–Crippen MR) is 131 cm³/mol. The average molecular weight is 473 g/mol. The Balaban J connectivity index is 1.37. The van der Waals surface area contributed by atoms with Gasteiger partial charge in [0, 0.05) is 32.7 Å². The topological polar surface area (TPSA) is 65.4 Å². The molecule has 0 spiro atoms. The molecule has 0 saturated carbocycles. The summed E-state index contributed by atoms with van der Waals surface area (Å²) < 4.78 is 26.0. The Morgan fingerprint density at radius 3 is 2.50 bits per heavy atom. The van der Waals surface area contributed by atoms with Crippen LogP contribution in [0, 0.1) is 26.6 Å². The van der Waals surface area contributed by atoms with Gasteiger partial charge in [0.15, 0.2) is 0 Å². The highest BCUT2D eigenvalue weighted by Gasteiger charge is 2.39. The fourth-order valence-electron chi connectivity index (χ4n) is 5.03. The summed E-state index contributed by atoms with van der Waals surface area (Å²) in [5.41, 5.74) is 1.86. The molecule has 2 fully saturated rings. The van der Waals surface area contributed by atoms with Crippen LogP contribution in [0.5, 0.6) is 5.75 Å². The lowest BCUT2D eigenvalue weighted by molar-refractivity contribution is -0.0743. The maximum Gasteiger partial charge on any atom is 0.146 e. The molecule has 0 bridgehead atoms. The number of aliphatic hydroxyl groups is 2. The van der Waals surface area contributed by atoms with Gasteiger partial charge in [0.05, 0.1) is 24.5 Å². The van der Waals surface area contributed by atoms with E-state index in [2.05, 4.69) is 17.9 Å². The molecular formula is C27H37FN2O4. The largest absolute Gasteiger partial charge is 0.490 e. The molecule has 2 aromatic rings. The molecule has 0 radical (unpaired) electrons. The molecular weight excluding hydrogens is 435 g/mol. The number of halogens is 1. The van der Waals surface area contributed by atoms with E-state index in [9.17, 15) is 14.6 Å². The Kier molecular flexibility index (Phi) is 7.48. The highest BCUT2D eigenvalue weighted by Crippen LogP contribution is 2.30. The summed E-state index contributed by atoms with van der Waals surface area (Å²) in [5.74, 6) is 0.544. The monoisotopic (exact) mass is 472 g/mol. The van der Waals surface area contributed by atoms with Crippen molar-refractivity contribution in [3.05, 3.63) is 58.9 Å². The van der Waals surface area contributed by atoms with Crippen LogP contribution in [0.4, 0.5) is 10.1 Å². The number of para-hydroxylation sites is 1. The van der Waals surface area contributed by atoms with E-state index in [1.165, 1.54) is 6.07 Å². The minimum atomic E-state index is -1.18. The standard InChI is InChI=1S/C27H37FN2O4/c1-20-14-21(2)22(3)25(15-20)34-19-27(32)17-29(12-13-33-18-27)16-26(31)8-10-30(11-9-26)24-7-5-4-6-23(24)28/h4-7,14-15,31-32H,8-13,16-19H2,1-3H3/t27-/m0/s1. The lowest BCUT2D eigenvalue weighted by atomic mass is 9.90. The van der Waals surface area contributed by atoms with Crippen molar-refractivity contribution in [2.45, 2.75) is 44.8 Å². The normalized spacial score (nSPS) is 23.5. The smallest absolute Gasteiger partial charge is 0.146 e. The first-order chi connectivity index (χ1) is 16.2. The third-order valence-corrected chi connectivity index (χ3v) is 7.11. The van der Waals surface area contributed by atoms with Gasteiger partial charge in [-0.3, -0.25) is 4.90 Å². The zero-order chi connectivity index (χ0) is 24.3. The van der Waals surface area contributed by atoms with Crippen LogP contribution in [-0.4, -0.2) is 78.9 Å². The van der Waals surface area contributed by atoms with Crippen LogP contribution in [0.25, 0.3) is 0 Å². The number of anilines is 1. The van der Waals surface area contributed by atoms with Crippen LogP contribution in [0.15, 0.2) is 36.4 Å². The molecule has 34 heavy (non-hydrogen) atoms. The maximum atomic E-state index is 14.2. The maximum absolute atomic E-state index is 14.2. The molecule has 0 unspecified atom stereocenters. The van der Waals surface area contributed by atoms with Crippen LogP contribution in [0.3, 0.4) is 0 Å². The van der Waals surface area contributed by atoms with Crippen molar-refractivity contribution in [1.29, 1.82) is 0 Å². The number of β-amino-alcohol motifs (C(OH)–C–C–N with tert-alkyl or cyclic N) is 2. The van der Waals surface area contributed by atoms with Gasteiger partial charge in [-0.15, -0.1) is 0 Å². The molecule has 186 valence electrons. The Morgan fingerprint density at radius 2 is 1.76 bits per heavy atom. The van der Waals surface area contributed by atoms with Crippen molar-refractivity contribution in [2.24, 2.45) is 0 Å². The Labute approximate surface area is 201 Å². The van der Waals surface area contributed by atoms with Gasteiger partial charge in [0.25, 0.3) is 0 Å². The summed E-state index contributed by atoms with van der Waals surface area (Å²) in [6.07, 6.45) is 1.07. The van der Waals surface area contributed by atoms with Gasteiger partial charge >= 0.3 is 0 Å². The van der Waals surface area contributed by atoms with Crippen molar-refractivity contribution in [3.8, 4) is 5.75 Å². The highest BCUT2D eigenvalue weighted by molar-refractivity contribution is 5.48. The van der Waals surface area contributed by atoms with Gasteiger partial charge in [-0.1, -0.05) is 18.2 Å². The van der Waals surface area contributed by atoms with Crippen molar-refractivity contribution < 1.29 is 24.1 Å². The lowest BCUT2D eigenvalue weighted by Crippen LogP contribution is -2.55. The van der Waals surface area contributed by atoms with Crippen molar-refractivity contribution >= 4 is 5.69 Å².